The van der Waals surface area contributed by atoms with Crippen LogP contribution in [0.4, 0.5) is 0 Å². The molecule has 0 aliphatic rings. The highest BCUT2D eigenvalue weighted by Crippen LogP contribution is 2.21. The molecule has 0 aliphatic heterocycles. The predicted molar refractivity (Wildman–Crippen MR) is 82.7 cm³/mol. The second-order valence-electron chi connectivity index (χ2n) is 4.00. The minimum atomic E-state index is 0.142. The summed E-state index contributed by atoms with van der Waals surface area (Å²) in [6, 6.07) is 5.79. The molecule has 0 spiro atoms. The number of imidazole rings is 1. The van der Waals surface area contributed by atoms with Crippen molar-refractivity contribution in [1.82, 2.24) is 9.55 Å². The van der Waals surface area contributed by atoms with Crippen LogP contribution < -0.4 is 0 Å². The van der Waals surface area contributed by atoms with Crippen LogP contribution in [-0.4, -0.2) is 15.3 Å². The minimum absolute atomic E-state index is 0.142. The van der Waals surface area contributed by atoms with E-state index in [4.69, 9.17) is 0 Å². The Morgan fingerprint density at radius 3 is 2.94 bits per heavy atom. The Labute approximate surface area is 128 Å². The smallest absolute Gasteiger partial charge is 0.164 e. The van der Waals surface area contributed by atoms with Gasteiger partial charge in [-0.3, -0.25) is 4.79 Å². The van der Waals surface area contributed by atoms with Crippen molar-refractivity contribution in [2.75, 3.05) is 0 Å². The zero-order chi connectivity index (χ0) is 13.1. The fourth-order valence-electron chi connectivity index (χ4n) is 1.71. The molecule has 0 N–H and O–H groups in total. The van der Waals surface area contributed by atoms with E-state index in [2.05, 4.69) is 43.5 Å². The standard InChI is InChI=1S/C13H12BrIN2O/c1-17-7-6-16-13(17)5-4-12(18)10-8-9(15)2-3-11(10)14/h2-3,6-8H,4-5H2,1H3. The summed E-state index contributed by atoms with van der Waals surface area (Å²) in [5, 5.41) is 0. The van der Waals surface area contributed by atoms with Crippen molar-refractivity contribution in [2.24, 2.45) is 7.05 Å². The van der Waals surface area contributed by atoms with E-state index in [1.807, 2.05) is 36.0 Å². The van der Waals surface area contributed by atoms with Crippen molar-refractivity contribution < 1.29 is 4.79 Å². The highest BCUT2D eigenvalue weighted by molar-refractivity contribution is 14.1. The van der Waals surface area contributed by atoms with E-state index in [1.165, 1.54) is 0 Å². The molecule has 2 aromatic rings. The molecule has 3 nitrogen and oxygen atoms in total. The lowest BCUT2D eigenvalue weighted by Crippen LogP contribution is -2.05. The minimum Gasteiger partial charge on any atom is -0.338 e. The summed E-state index contributed by atoms with van der Waals surface area (Å²) in [7, 11) is 1.94. The van der Waals surface area contributed by atoms with Gasteiger partial charge in [0.1, 0.15) is 5.82 Å². The number of halogens is 2. The summed E-state index contributed by atoms with van der Waals surface area (Å²) >= 11 is 5.63. The molecule has 0 aliphatic carbocycles. The Morgan fingerprint density at radius 2 is 2.28 bits per heavy atom. The van der Waals surface area contributed by atoms with Crippen LogP contribution in [0.2, 0.25) is 0 Å². The highest BCUT2D eigenvalue weighted by Gasteiger charge is 2.11. The van der Waals surface area contributed by atoms with Crippen molar-refractivity contribution in [3.63, 3.8) is 0 Å². The van der Waals surface area contributed by atoms with E-state index in [-0.39, 0.29) is 5.78 Å². The van der Waals surface area contributed by atoms with Crippen molar-refractivity contribution in [3.05, 3.63) is 50.0 Å². The first kappa shape index (κ1) is 13.7. The van der Waals surface area contributed by atoms with Crippen molar-refractivity contribution in [1.29, 1.82) is 0 Å². The molecule has 0 amide bonds. The number of hydrogen-bond acceptors (Lipinski definition) is 2. The average Bonchev–Trinajstić information content (AvgIpc) is 2.75. The van der Waals surface area contributed by atoms with Gasteiger partial charge in [0, 0.05) is 45.9 Å². The van der Waals surface area contributed by atoms with E-state index < -0.39 is 0 Å². The number of Topliss-reactive ketones (excluding diaryl/α,β-unsaturated/α-hetero) is 1. The first-order valence-electron chi connectivity index (χ1n) is 5.52. The predicted octanol–water partition coefficient (Wildman–Crippen LogP) is 3.60. The number of carbonyl (C=O) groups excluding carboxylic acids is 1. The molecule has 18 heavy (non-hydrogen) atoms. The Bertz CT molecular complexity index is 580. The second-order valence-corrected chi connectivity index (χ2v) is 6.10. The third-order valence-corrected chi connectivity index (χ3v) is 4.09. The molecule has 1 aromatic carbocycles. The number of ketones is 1. The van der Waals surface area contributed by atoms with Crippen LogP contribution >= 0.6 is 38.5 Å². The first-order chi connectivity index (χ1) is 8.58. The van der Waals surface area contributed by atoms with Crippen LogP contribution in [0.25, 0.3) is 0 Å². The molecular weight excluding hydrogens is 407 g/mol. The third kappa shape index (κ3) is 3.20. The van der Waals surface area contributed by atoms with Crippen LogP contribution in [-0.2, 0) is 13.5 Å². The number of nitrogens with zero attached hydrogens (tertiary/aromatic N) is 2. The van der Waals surface area contributed by atoms with Crippen molar-refractivity contribution in [2.45, 2.75) is 12.8 Å². The van der Waals surface area contributed by atoms with Gasteiger partial charge in [0.25, 0.3) is 0 Å². The molecule has 0 bridgehead atoms. The SMILES string of the molecule is Cn1ccnc1CCC(=O)c1cc(I)ccc1Br. The number of carbonyl (C=O) groups is 1. The zero-order valence-corrected chi connectivity index (χ0v) is 13.6. The maximum absolute atomic E-state index is 12.2. The molecule has 1 heterocycles. The lowest BCUT2D eigenvalue weighted by atomic mass is 10.1. The fourth-order valence-corrected chi connectivity index (χ4v) is 2.67. The monoisotopic (exact) mass is 418 g/mol. The molecular formula is C13H12BrIN2O. The number of benzene rings is 1. The number of aryl methyl sites for hydroxylation is 2. The fraction of sp³-hybridized carbons (Fsp3) is 0.231. The molecule has 0 saturated heterocycles. The van der Waals surface area contributed by atoms with Crippen molar-refractivity contribution >= 4 is 44.3 Å². The number of hydrogen-bond donors (Lipinski definition) is 0. The summed E-state index contributed by atoms with van der Waals surface area (Å²) in [6.07, 6.45) is 4.78. The van der Waals surface area contributed by atoms with Gasteiger partial charge in [0.05, 0.1) is 0 Å². The van der Waals surface area contributed by atoms with Gasteiger partial charge in [-0.15, -0.1) is 0 Å². The van der Waals surface area contributed by atoms with E-state index in [0.29, 0.717) is 12.8 Å². The Hall–Kier alpha value is -0.690. The molecule has 94 valence electrons. The van der Waals surface area contributed by atoms with Gasteiger partial charge in [0.2, 0.25) is 0 Å². The lowest BCUT2D eigenvalue weighted by molar-refractivity contribution is 0.0981. The summed E-state index contributed by atoms with van der Waals surface area (Å²) in [6.45, 7) is 0. The van der Waals surface area contributed by atoms with E-state index >= 15 is 0 Å². The summed E-state index contributed by atoms with van der Waals surface area (Å²) in [5.41, 5.74) is 0.746. The maximum Gasteiger partial charge on any atom is 0.164 e. The van der Waals surface area contributed by atoms with E-state index in [0.717, 1.165) is 19.4 Å². The van der Waals surface area contributed by atoms with E-state index in [9.17, 15) is 4.79 Å². The van der Waals surface area contributed by atoms with Gasteiger partial charge in [0.15, 0.2) is 5.78 Å². The molecule has 0 atom stereocenters. The van der Waals surface area contributed by atoms with Crippen LogP contribution in [0.5, 0.6) is 0 Å². The van der Waals surface area contributed by atoms with Gasteiger partial charge in [-0.05, 0) is 40.8 Å². The van der Waals surface area contributed by atoms with Gasteiger partial charge < -0.3 is 4.57 Å². The maximum atomic E-state index is 12.2. The van der Waals surface area contributed by atoms with Crippen molar-refractivity contribution in [3.8, 4) is 0 Å². The molecule has 2 rings (SSSR count). The second kappa shape index (κ2) is 5.97. The summed E-state index contributed by atoms with van der Waals surface area (Å²) in [5.74, 6) is 1.08. The Balaban J connectivity index is 2.08. The third-order valence-electron chi connectivity index (χ3n) is 2.73. The zero-order valence-electron chi connectivity index (χ0n) is 9.86. The summed E-state index contributed by atoms with van der Waals surface area (Å²) in [4.78, 5) is 16.4. The van der Waals surface area contributed by atoms with Crippen LogP contribution in [0, 0.1) is 3.57 Å². The van der Waals surface area contributed by atoms with Crippen LogP contribution in [0.1, 0.15) is 22.6 Å². The molecule has 0 radical (unpaired) electrons. The topological polar surface area (TPSA) is 34.9 Å². The first-order valence-corrected chi connectivity index (χ1v) is 7.39. The Morgan fingerprint density at radius 1 is 1.50 bits per heavy atom. The normalized spacial score (nSPS) is 10.6. The molecule has 5 heteroatoms. The van der Waals surface area contributed by atoms with Gasteiger partial charge >= 0.3 is 0 Å². The quantitative estimate of drug-likeness (QED) is 0.561. The van der Waals surface area contributed by atoms with Gasteiger partial charge in [-0.25, -0.2) is 4.98 Å². The molecule has 0 saturated carbocycles. The average molecular weight is 419 g/mol. The van der Waals surface area contributed by atoms with E-state index in [1.54, 1.807) is 6.20 Å². The molecule has 0 fully saturated rings. The van der Waals surface area contributed by atoms with Gasteiger partial charge in [-0.1, -0.05) is 15.9 Å². The molecule has 0 unspecified atom stereocenters. The lowest BCUT2D eigenvalue weighted by Gasteiger charge is -2.05. The summed E-state index contributed by atoms with van der Waals surface area (Å²) < 4.78 is 3.86. The largest absolute Gasteiger partial charge is 0.338 e. The number of aromatic nitrogens is 2. The van der Waals surface area contributed by atoms with Gasteiger partial charge in [-0.2, -0.15) is 0 Å². The highest BCUT2D eigenvalue weighted by atomic mass is 127. The Kier molecular flexibility index (Phi) is 4.55. The van der Waals surface area contributed by atoms with Crippen LogP contribution in [0.3, 0.4) is 0 Å². The molecule has 1 aromatic heterocycles. The van der Waals surface area contributed by atoms with Crippen LogP contribution in [0.15, 0.2) is 35.1 Å². The number of rotatable bonds is 4.